The Balaban J connectivity index is 2.65. The number of carbonyl (C=O) groups excluding carboxylic acids is 2. The molecular weight excluding hydrogens is 194 g/mol. The van der Waals surface area contributed by atoms with E-state index >= 15 is 0 Å². The van der Waals surface area contributed by atoms with Gasteiger partial charge in [-0.05, 0) is 26.0 Å². The molecule has 4 nitrogen and oxygen atoms in total. The summed E-state index contributed by atoms with van der Waals surface area (Å²) in [6, 6.07) is 5.12. The average molecular weight is 207 g/mol. The summed E-state index contributed by atoms with van der Waals surface area (Å²) in [6.45, 7) is 3.78. The summed E-state index contributed by atoms with van der Waals surface area (Å²) in [5, 5.41) is 0. The van der Waals surface area contributed by atoms with Crippen LogP contribution in [0.1, 0.15) is 29.5 Å². The quantitative estimate of drug-likeness (QED) is 0.427. The monoisotopic (exact) mass is 207 g/mol. The molecule has 4 heteroatoms. The summed E-state index contributed by atoms with van der Waals surface area (Å²) in [4.78, 5) is 26.6. The highest BCUT2D eigenvalue weighted by molar-refractivity contribution is 6.04. The summed E-state index contributed by atoms with van der Waals surface area (Å²) in [5.41, 5.74) is 1.06. The number of aryl methyl sites for hydroxylation is 1. The number of aromatic nitrogens is 1. The van der Waals surface area contributed by atoms with Crippen LogP contribution in [0, 0.1) is 6.92 Å². The number of pyridine rings is 1. The fraction of sp³-hybridized carbons (Fsp3) is 0.364. The Kier molecular flexibility index (Phi) is 3.97. The van der Waals surface area contributed by atoms with Gasteiger partial charge in [-0.2, -0.15) is 0 Å². The molecule has 0 saturated heterocycles. The van der Waals surface area contributed by atoms with Crippen LogP contribution in [0.25, 0.3) is 0 Å². The summed E-state index contributed by atoms with van der Waals surface area (Å²) >= 11 is 0. The van der Waals surface area contributed by atoms with Crippen molar-refractivity contribution in [2.45, 2.75) is 20.3 Å². The molecule has 0 unspecified atom stereocenters. The molecule has 0 atom stereocenters. The predicted octanol–water partition coefficient (Wildman–Crippen LogP) is 1.53. The van der Waals surface area contributed by atoms with Gasteiger partial charge in [-0.25, -0.2) is 0 Å². The highest BCUT2D eigenvalue weighted by atomic mass is 16.5. The molecule has 1 heterocycles. The van der Waals surface area contributed by atoms with Crippen molar-refractivity contribution in [2.24, 2.45) is 0 Å². The molecule has 1 aromatic heterocycles. The average Bonchev–Trinajstić information content (AvgIpc) is 2.18. The van der Waals surface area contributed by atoms with Gasteiger partial charge in [-0.3, -0.25) is 14.6 Å². The van der Waals surface area contributed by atoms with Gasteiger partial charge in [-0.1, -0.05) is 6.07 Å². The molecule has 0 aliphatic carbocycles. The smallest absolute Gasteiger partial charge is 0.313 e. The van der Waals surface area contributed by atoms with E-state index in [2.05, 4.69) is 9.72 Å². The third kappa shape index (κ3) is 3.50. The predicted molar refractivity (Wildman–Crippen MR) is 54.6 cm³/mol. The number of hydrogen-bond acceptors (Lipinski definition) is 4. The van der Waals surface area contributed by atoms with Crippen LogP contribution < -0.4 is 0 Å². The molecule has 80 valence electrons. The van der Waals surface area contributed by atoms with Crippen molar-refractivity contribution in [1.29, 1.82) is 0 Å². The highest BCUT2D eigenvalue weighted by Crippen LogP contribution is 2.02. The van der Waals surface area contributed by atoms with Gasteiger partial charge in [0.15, 0.2) is 5.78 Å². The van der Waals surface area contributed by atoms with Gasteiger partial charge >= 0.3 is 5.97 Å². The molecule has 0 N–H and O–H groups in total. The van der Waals surface area contributed by atoms with E-state index < -0.39 is 5.97 Å². The molecule has 15 heavy (non-hydrogen) atoms. The SMILES string of the molecule is CCOC(=O)CC(=O)c1cccc(C)n1. The van der Waals surface area contributed by atoms with E-state index in [0.717, 1.165) is 5.69 Å². The minimum Gasteiger partial charge on any atom is -0.466 e. The first-order chi connectivity index (χ1) is 7.13. The number of hydrogen-bond donors (Lipinski definition) is 0. The van der Waals surface area contributed by atoms with Crippen molar-refractivity contribution in [3.63, 3.8) is 0 Å². The van der Waals surface area contributed by atoms with Crippen LogP contribution in [-0.2, 0) is 9.53 Å². The lowest BCUT2D eigenvalue weighted by Gasteiger charge is -2.01. The number of rotatable bonds is 4. The second-order valence-electron chi connectivity index (χ2n) is 3.07. The lowest BCUT2D eigenvalue weighted by atomic mass is 10.2. The van der Waals surface area contributed by atoms with Crippen molar-refractivity contribution < 1.29 is 14.3 Å². The van der Waals surface area contributed by atoms with Crippen molar-refractivity contribution in [3.05, 3.63) is 29.6 Å². The Labute approximate surface area is 88.3 Å². The summed E-state index contributed by atoms with van der Waals surface area (Å²) < 4.78 is 4.68. The molecule has 1 aromatic rings. The molecule has 0 amide bonds. The first-order valence-corrected chi connectivity index (χ1v) is 4.76. The maximum absolute atomic E-state index is 11.5. The number of nitrogens with zero attached hydrogens (tertiary/aromatic N) is 1. The largest absolute Gasteiger partial charge is 0.466 e. The first-order valence-electron chi connectivity index (χ1n) is 4.76. The van der Waals surface area contributed by atoms with E-state index in [-0.39, 0.29) is 18.8 Å². The number of ketones is 1. The normalized spacial score (nSPS) is 9.73. The van der Waals surface area contributed by atoms with Gasteiger partial charge in [0.2, 0.25) is 0 Å². The zero-order valence-electron chi connectivity index (χ0n) is 8.82. The van der Waals surface area contributed by atoms with Gasteiger partial charge in [0.25, 0.3) is 0 Å². The van der Waals surface area contributed by atoms with Gasteiger partial charge in [0, 0.05) is 5.69 Å². The molecule has 0 aliphatic heterocycles. The second kappa shape index (κ2) is 5.24. The van der Waals surface area contributed by atoms with Crippen LogP contribution in [0.15, 0.2) is 18.2 Å². The summed E-state index contributed by atoms with van der Waals surface area (Å²) in [5.74, 6) is -0.817. The Morgan fingerprint density at radius 2 is 2.13 bits per heavy atom. The lowest BCUT2D eigenvalue weighted by Crippen LogP contribution is -2.12. The van der Waals surface area contributed by atoms with E-state index in [0.29, 0.717) is 5.69 Å². The van der Waals surface area contributed by atoms with E-state index in [1.54, 1.807) is 32.0 Å². The molecule has 0 radical (unpaired) electrons. The van der Waals surface area contributed by atoms with Crippen LogP contribution in [-0.4, -0.2) is 23.3 Å². The third-order valence-corrected chi connectivity index (χ3v) is 1.78. The molecule has 0 aromatic carbocycles. The molecule has 1 rings (SSSR count). The van der Waals surface area contributed by atoms with E-state index in [4.69, 9.17) is 0 Å². The number of ether oxygens (including phenoxy) is 1. The number of carbonyl (C=O) groups is 2. The highest BCUT2D eigenvalue weighted by Gasteiger charge is 2.13. The Bertz CT molecular complexity index is 374. The van der Waals surface area contributed by atoms with Crippen molar-refractivity contribution >= 4 is 11.8 Å². The van der Waals surface area contributed by atoms with Crippen LogP contribution in [0.2, 0.25) is 0 Å². The summed E-state index contributed by atoms with van der Waals surface area (Å²) in [7, 11) is 0. The lowest BCUT2D eigenvalue weighted by molar-refractivity contribution is -0.141. The summed E-state index contributed by atoms with van der Waals surface area (Å²) in [6.07, 6.45) is -0.246. The molecule has 0 fully saturated rings. The standard InChI is InChI=1S/C11H13NO3/c1-3-15-11(14)7-10(13)9-6-4-5-8(2)12-9/h4-6H,3,7H2,1-2H3. The van der Waals surface area contributed by atoms with Crippen molar-refractivity contribution in [2.75, 3.05) is 6.61 Å². The topological polar surface area (TPSA) is 56.3 Å². The van der Waals surface area contributed by atoms with E-state index in [1.807, 2.05) is 0 Å². The number of esters is 1. The number of Topliss-reactive ketones (excluding diaryl/α,β-unsaturated/α-hetero) is 1. The molecule has 0 spiro atoms. The van der Waals surface area contributed by atoms with Crippen LogP contribution in [0.5, 0.6) is 0 Å². The minimum atomic E-state index is -0.509. The van der Waals surface area contributed by atoms with Gasteiger partial charge in [0.05, 0.1) is 6.61 Å². The Morgan fingerprint density at radius 1 is 1.40 bits per heavy atom. The molecular formula is C11H13NO3. The molecule has 0 bridgehead atoms. The molecule has 0 aliphatic rings. The maximum Gasteiger partial charge on any atom is 0.313 e. The van der Waals surface area contributed by atoms with Crippen LogP contribution in [0.3, 0.4) is 0 Å². The maximum atomic E-state index is 11.5. The second-order valence-corrected chi connectivity index (χ2v) is 3.07. The van der Waals surface area contributed by atoms with Crippen LogP contribution >= 0.6 is 0 Å². The zero-order valence-corrected chi connectivity index (χ0v) is 8.82. The van der Waals surface area contributed by atoms with Crippen molar-refractivity contribution in [3.8, 4) is 0 Å². The zero-order chi connectivity index (χ0) is 11.3. The Morgan fingerprint density at radius 3 is 2.73 bits per heavy atom. The van der Waals surface area contributed by atoms with E-state index in [9.17, 15) is 9.59 Å². The minimum absolute atomic E-state index is 0.246. The van der Waals surface area contributed by atoms with Gasteiger partial charge < -0.3 is 4.74 Å². The Hall–Kier alpha value is -1.71. The van der Waals surface area contributed by atoms with Gasteiger partial charge in [-0.15, -0.1) is 0 Å². The van der Waals surface area contributed by atoms with Crippen LogP contribution in [0.4, 0.5) is 0 Å². The molecule has 0 saturated carbocycles. The first kappa shape index (κ1) is 11.4. The fourth-order valence-electron chi connectivity index (χ4n) is 1.13. The third-order valence-electron chi connectivity index (χ3n) is 1.78. The fourth-order valence-corrected chi connectivity index (χ4v) is 1.13. The van der Waals surface area contributed by atoms with E-state index in [1.165, 1.54) is 0 Å². The van der Waals surface area contributed by atoms with Gasteiger partial charge in [0.1, 0.15) is 12.1 Å². The van der Waals surface area contributed by atoms with Crippen molar-refractivity contribution in [1.82, 2.24) is 4.98 Å².